The zero-order valence-corrected chi connectivity index (χ0v) is 15.1. The molecule has 1 atom stereocenters. The fourth-order valence-electron chi connectivity index (χ4n) is 3.78. The van der Waals surface area contributed by atoms with E-state index in [9.17, 15) is 17.8 Å². The second-order valence-corrected chi connectivity index (χ2v) is 7.94. The standard InChI is InChI=1S/C21H17NO4S/c23-20-21(15-27(24,25)26,16-9-3-1-4-10-16)18-13-7-8-14-19(18)22(20)17-11-5-2-6-12-17/h1-14H,15H2,(H,24,25,26). The molecule has 5 nitrogen and oxygen atoms in total. The molecule has 0 fully saturated rings. The van der Waals surface area contributed by atoms with E-state index >= 15 is 0 Å². The summed E-state index contributed by atoms with van der Waals surface area (Å²) in [5.41, 5.74) is 0.826. The first-order chi connectivity index (χ1) is 12.9. The molecule has 0 aliphatic carbocycles. The number of nitrogens with zero attached hydrogens (tertiary/aromatic N) is 1. The maximum absolute atomic E-state index is 13.7. The molecule has 0 spiro atoms. The Hall–Kier alpha value is -2.96. The van der Waals surface area contributed by atoms with Gasteiger partial charge in [-0.05, 0) is 29.3 Å². The number of amides is 1. The van der Waals surface area contributed by atoms with E-state index in [2.05, 4.69) is 0 Å². The van der Waals surface area contributed by atoms with Crippen LogP contribution < -0.4 is 4.90 Å². The highest BCUT2D eigenvalue weighted by molar-refractivity contribution is 7.85. The lowest BCUT2D eigenvalue weighted by atomic mass is 9.77. The van der Waals surface area contributed by atoms with Crippen molar-refractivity contribution in [3.63, 3.8) is 0 Å². The Morgan fingerprint density at radius 1 is 0.815 bits per heavy atom. The van der Waals surface area contributed by atoms with E-state index in [-0.39, 0.29) is 0 Å². The Balaban J connectivity index is 2.03. The smallest absolute Gasteiger partial charge is 0.266 e. The lowest BCUT2D eigenvalue weighted by Gasteiger charge is -2.28. The van der Waals surface area contributed by atoms with Crippen molar-refractivity contribution in [3.8, 4) is 0 Å². The first kappa shape index (κ1) is 17.5. The highest BCUT2D eigenvalue weighted by Gasteiger charge is 2.54. The SMILES string of the molecule is O=C1N(c2ccccc2)c2ccccc2C1(CS(=O)(=O)O)c1ccccc1. The lowest BCUT2D eigenvalue weighted by molar-refractivity contribution is -0.120. The number of benzene rings is 3. The van der Waals surface area contributed by atoms with Crippen LogP contribution in [-0.2, 0) is 20.3 Å². The summed E-state index contributed by atoms with van der Waals surface area (Å²) in [5, 5.41) is 0. The van der Waals surface area contributed by atoms with Crippen LogP contribution in [0.15, 0.2) is 84.9 Å². The number of hydrogen-bond acceptors (Lipinski definition) is 3. The van der Waals surface area contributed by atoms with Crippen LogP contribution in [0.2, 0.25) is 0 Å². The van der Waals surface area contributed by atoms with Crippen molar-refractivity contribution >= 4 is 27.4 Å². The lowest BCUT2D eigenvalue weighted by Crippen LogP contribution is -2.44. The van der Waals surface area contributed by atoms with Gasteiger partial charge in [0.2, 0.25) is 5.91 Å². The van der Waals surface area contributed by atoms with Gasteiger partial charge in [-0.25, -0.2) is 0 Å². The van der Waals surface area contributed by atoms with Crippen molar-refractivity contribution in [1.29, 1.82) is 0 Å². The van der Waals surface area contributed by atoms with Gasteiger partial charge in [0.25, 0.3) is 10.1 Å². The summed E-state index contributed by atoms with van der Waals surface area (Å²) >= 11 is 0. The van der Waals surface area contributed by atoms with E-state index in [1.54, 1.807) is 66.7 Å². The van der Waals surface area contributed by atoms with Crippen molar-refractivity contribution in [3.05, 3.63) is 96.1 Å². The van der Waals surface area contributed by atoms with Crippen molar-refractivity contribution in [2.45, 2.75) is 5.41 Å². The van der Waals surface area contributed by atoms with Crippen LogP contribution in [0.3, 0.4) is 0 Å². The first-order valence-corrected chi connectivity index (χ1v) is 10.0. The van der Waals surface area contributed by atoms with Gasteiger partial charge >= 0.3 is 0 Å². The van der Waals surface area contributed by atoms with Crippen LogP contribution in [0.4, 0.5) is 11.4 Å². The van der Waals surface area contributed by atoms with Gasteiger partial charge in [-0.3, -0.25) is 14.2 Å². The molecule has 1 N–H and O–H groups in total. The second-order valence-electron chi connectivity index (χ2n) is 6.49. The summed E-state index contributed by atoms with van der Waals surface area (Å²) in [4.78, 5) is 15.2. The van der Waals surface area contributed by atoms with Gasteiger partial charge in [0.1, 0.15) is 5.41 Å². The van der Waals surface area contributed by atoms with Crippen LogP contribution in [0, 0.1) is 0 Å². The van der Waals surface area contributed by atoms with Gasteiger partial charge < -0.3 is 0 Å². The molecule has 3 aromatic rings. The molecule has 1 aliphatic rings. The number of carbonyl (C=O) groups excluding carboxylic acids is 1. The molecule has 0 radical (unpaired) electrons. The third-order valence-corrected chi connectivity index (χ3v) is 5.65. The summed E-state index contributed by atoms with van der Waals surface area (Å²) in [6.07, 6.45) is 0. The maximum Gasteiger partial charge on any atom is 0.266 e. The minimum absolute atomic E-state index is 0.404. The molecule has 3 aromatic carbocycles. The van der Waals surface area contributed by atoms with Crippen LogP contribution in [0.1, 0.15) is 11.1 Å². The van der Waals surface area contributed by atoms with Crippen LogP contribution in [0.25, 0.3) is 0 Å². The third-order valence-electron chi connectivity index (χ3n) is 4.85. The molecule has 0 saturated carbocycles. The van der Waals surface area contributed by atoms with Gasteiger partial charge in [0.05, 0.1) is 11.4 Å². The maximum atomic E-state index is 13.7. The Kier molecular flexibility index (Phi) is 4.09. The van der Waals surface area contributed by atoms with E-state index in [1.165, 1.54) is 4.90 Å². The normalized spacial score (nSPS) is 19.1. The van der Waals surface area contributed by atoms with Crippen LogP contribution >= 0.6 is 0 Å². The molecule has 0 aromatic heterocycles. The van der Waals surface area contributed by atoms with Gasteiger partial charge in [-0.2, -0.15) is 8.42 Å². The van der Waals surface area contributed by atoms with Gasteiger partial charge in [-0.1, -0.05) is 66.7 Å². The monoisotopic (exact) mass is 379 g/mol. The van der Waals surface area contributed by atoms with E-state index in [4.69, 9.17) is 0 Å². The van der Waals surface area contributed by atoms with E-state index in [0.29, 0.717) is 22.5 Å². The number of hydrogen-bond donors (Lipinski definition) is 1. The largest absolute Gasteiger partial charge is 0.285 e. The molecule has 136 valence electrons. The van der Waals surface area contributed by atoms with Crippen molar-refractivity contribution < 1.29 is 17.8 Å². The van der Waals surface area contributed by atoms with Crippen LogP contribution in [-0.4, -0.2) is 24.6 Å². The Labute approximate surface area is 157 Å². The number of carbonyl (C=O) groups is 1. The van der Waals surface area contributed by atoms with Crippen molar-refractivity contribution in [1.82, 2.24) is 0 Å². The summed E-state index contributed by atoms with van der Waals surface area (Å²) in [7, 11) is -4.44. The Morgan fingerprint density at radius 3 is 2.00 bits per heavy atom. The predicted octanol–water partition coefficient (Wildman–Crippen LogP) is 3.54. The molecule has 4 rings (SSSR count). The minimum atomic E-state index is -4.44. The molecule has 1 aliphatic heterocycles. The summed E-state index contributed by atoms with van der Waals surface area (Å²) in [6, 6.07) is 24.9. The number of fused-ring (bicyclic) bond motifs is 1. The highest BCUT2D eigenvalue weighted by Crippen LogP contribution is 2.49. The topological polar surface area (TPSA) is 74.7 Å². The molecule has 0 saturated heterocycles. The number of rotatable bonds is 4. The van der Waals surface area contributed by atoms with E-state index in [1.807, 2.05) is 18.2 Å². The zero-order valence-electron chi connectivity index (χ0n) is 14.3. The first-order valence-electron chi connectivity index (χ1n) is 8.43. The second kappa shape index (κ2) is 6.33. The molecule has 1 amide bonds. The quantitative estimate of drug-likeness (QED) is 0.704. The molecule has 1 unspecified atom stereocenters. The van der Waals surface area contributed by atoms with E-state index in [0.717, 1.165) is 0 Å². The van der Waals surface area contributed by atoms with Gasteiger partial charge in [0, 0.05) is 5.69 Å². The number of anilines is 2. The molecular formula is C21H17NO4S. The molecular weight excluding hydrogens is 362 g/mol. The average molecular weight is 379 g/mol. The summed E-state index contributed by atoms with van der Waals surface area (Å²) in [5.74, 6) is -1.12. The fourth-order valence-corrected chi connectivity index (χ4v) is 4.77. The minimum Gasteiger partial charge on any atom is -0.285 e. The number of para-hydroxylation sites is 2. The zero-order chi connectivity index (χ0) is 19.1. The Bertz CT molecular complexity index is 1100. The highest BCUT2D eigenvalue weighted by atomic mass is 32.2. The molecule has 1 heterocycles. The van der Waals surface area contributed by atoms with Crippen molar-refractivity contribution in [2.75, 3.05) is 10.7 Å². The average Bonchev–Trinajstić information content (AvgIpc) is 2.91. The predicted molar refractivity (Wildman–Crippen MR) is 104 cm³/mol. The summed E-state index contributed by atoms with van der Waals surface area (Å²) < 4.78 is 33.6. The van der Waals surface area contributed by atoms with Gasteiger partial charge in [-0.15, -0.1) is 0 Å². The third kappa shape index (κ3) is 2.83. The molecule has 6 heteroatoms. The van der Waals surface area contributed by atoms with Gasteiger partial charge in [0.15, 0.2) is 0 Å². The fraction of sp³-hybridized carbons (Fsp3) is 0.0952. The molecule has 0 bridgehead atoms. The molecule has 27 heavy (non-hydrogen) atoms. The summed E-state index contributed by atoms with van der Waals surface area (Å²) in [6.45, 7) is 0. The van der Waals surface area contributed by atoms with Crippen molar-refractivity contribution in [2.24, 2.45) is 0 Å². The van der Waals surface area contributed by atoms with E-state index < -0.39 is 27.2 Å². The van der Waals surface area contributed by atoms with Crippen LogP contribution in [0.5, 0.6) is 0 Å². The Morgan fingerprint density at radius 2 is 1.37 bits per heavy atom.